The maximum atomic E-state index is 6.32. The van der Waals surface area contributed by atoms with Gasteiger partial charge >= 0.3 is 0 Å². The highest BCUT2D eigenvalue weighted by Crippen LogP contribution is 2.30. The van der Waals surface area contributed by atoms with E-state index in [1.165, 1.54) is 12.8 Å². The number of nitrogens with zero attached hydrogens (tertiary/aromatic N) is 2. The van der Waals surface area contributed by atoms with Gasteiger partial charge in [-0.3, -0.25) is 4.99 Å². The summed E-state index contributed by atoms with van der Waals surface area (Å²) in [6, 6.07) is 6.05. The Balaban J connectivity index is 0.00000341. The fourth-order valence-electron chi connectivity index (χ4n) is 4.28. The van der Waals surface area contributed by atoms with Crippen LogP contribution in [0.5, 0.6) is 11.5 Å². The highest BCUT2D eigenvalue weighted by Gasteiger charge is 2.34. The molecule has 1 saturated heterocycles. The number of halogens is 1. The molecule has 1 saturated carbocycles. The standard InChI is InChI=1S/C23H38N4O3.HI/c1-24-22(26-17-23(27(2)3)11-13-29-14-12-23)25-16-18-9-10-20(28-4)15-21(18)30-19-7-5-6-8-19;/h9-10,15,19H,5-8,11-14,16-17H2,1-4H3,(H2,24,25,26);1H. The number of methoxy groups -OCH3 is 1. The number of likely N-dealkylation sites (N-methyl/N-ethyl adjacent to an activating group) is 1. The summed E-state index contributed by atoms with van der Waals surface area (Å²) in [6.45, 7) is 3.08. The largest absolute Gasteiger partial charge is 0.497 e. The molecule has 0 bridgehead atoms. The van der Waals surface area contributed by atoms with Gasteiger partial charge in [0.25, 0.3) is 0 Å². The number of guanidine groups is 1. The van der Waals surface area contributed by atoms with Gasteiger partial charge in [-0.2, -0.15) is 0 Å². The molecule has 1 heterocycles. The molecule has 3 rings (SSSR count). The van der Waals surface area contributed by atoms with Crippen molar-refractivity contribution in [2.75, 3.05) is 48.0 Å². The van der Waals surface area contributed by atoms with E-state index >= 15 is 0 Å². The van der Waals surface area contributed by atoms with Gasteiger partial charge in [0.2, 0.25) is 0 Å². The van der Waals surface area contributed by atoms with Crippen molar-refractivity contribution in [2.24, 2.45) is 4.99 Å². The second-order valence-corrected chi connectivity index (χ2v) is 8.51. The Morgan fingerprint density at radius 1 is 1.19 bits per heavy atom. The molecular formula is C23H39IN4O3. The van der Waals surface area contributed by atoms with Gasteiger partial charge in [-0.25, -0.2) is 0 Å². The van der Waals surface area contributed by atoms with Gasteiger partial charge in [0.15, 0.2) is 5.96 Å². The monoisotopic (exact) mass is 546 g/mol. The van der Waals surface area contributed by atoms with E-state index in [1.54, 1.807) is 7.11 Å². The minimum absolute atomic E-state index is 0. The predicted molar refractivity (Wildman–Crippen MR) is 136 cm³/mol. The molecule has 8 heteroatoms. The Bertz CT molecular complexity index is 702. The lowest BCUT2D eigenvalue weighted by Crippen LogP contribution is -2.57. The van der Waals surface area contributed by atoms with Gasteiger partial charge in [0, 0.05) is 50.5 Å². The number of rotatable bonds is 8. The summed E-state index contributed by atoms with van der Waals surface area (Å²) in [5.41, 5.74) is 1.20. The Labute approximate surface area is 204 Å². The van der Waals surface area contributed by atoms with Crippen LogP contribution in [0.25, 0.3) is 0 Å². The van der Waals surface area contributed by atoms with Crippen LogP contribution in [0.1, 0.15) is 44.1 Å². The third kappa shape index (κ3) is 7.12. The first kappa shape index (κ1) is 26.0. The van der Waals surface area contributed by atoms with Crippen molar-refractivity contribution < 1.29 is 14.2 Å². The van der Waals surface area contributed by atoms with Crippen molar-refractivity contribution in [1.29, 1.82) is 0 Å². The molecule has 0 amide bonds. The van der Waals surface area contributed by atoms with Crippen LogP contribution in [-0.2, 0) is 11.3 Å². The second-order valence-electron chi connectivity index (χ2n) is 8.51. The lowest BCUT2D eigenvalue weighted by atomic mass is 9.88. The van der Waals surface area contributed by atoms with E-state index in [4.69, 9.17) is 14.2 Å². The topological polar surface area (TPSA) is 67.4 Å². The summed E-state index contributed by atoms with van der Waals surface area (Å²) in [7, 11) is 7.79. The maximum Gasteiger partial charge on any atom is 0.191 e. The summed E-state index contributed by atoms with van der Waals surface area (Å²) in [5, 5.41) is 6.98. The molecule has 0 unspecified atom stereocenters. The van der Waals surface area contributed by atoms with Gasteiger partial charge in [0.05, 0.1) is 13.2 Å². The van der Waals surface area contributed by atoms with Crippen LogP contribution < -0.4 is 20.1 Å². The number of benzene rings is 1. The fourth-order valence-corrected chi connectivity index (χ4v) is 4.28. The maximum absolute atomic E-state index is 6.32. The highest BCUT2D eigenvalue weighted by molar-refractivity contribution is 14.0. The van der Waals surface area contributed by atoms with Crippen molar-refractivity contribution in [3.8, 4) is 11.5 Å². The van der Waals surface area contributed by atoms with Gasteiger partial charge in [-0.15, -0.1) is 24.0 Å². The van der Waals surface area contributed by atoms with Crippen molar-refractivity contribution in [2.45, 2.75) is 56.7 Å². The molecule has 0 radical (unpaired) electrons. The van der Waals surface area contributed by atoms with Crippen LogP contribution in [0.4, 0.5) is 0 Å². The van der Waals surface area contributed by atoms with Crippen molar-refractivity contribution in [3.63, 3.8) is 0 Å². The summed E-state index contributed by atoms with van der Waals surface area (Å²) in [6.07, 6.45) is 7.09. The molecule has 0 spiro atoms. The van der Waals surface area contributed by atoms with E-state index in [0.717, 1.165) is 68.5 Å². The molecule has 2 aliphatic rings. The number of hydrogen-bond donors (Lipinski definition) is 2. The molecule has 1 aliphatic heterocycles. The summed E-state index contributed by atoms with van der Waals surface area (Å²) >= 11 is 0. The van der Waals surface area contributed by atoms with Crippen LogP contribution in [0.15, 0.2) is 23.2 Å². The zero-order valence-electron chi connectivity index (χ0n) is 19.4. The first-order valence-electron chi connectivity index (χ1n) is 11.1. The van der Waals surface area contributed by atoms with E-state index < -0.39 is 0 Å². The molecule has 1 aromatic carbocycles. The third-order valence-electron chi connectivity index (χ3n) is 6.50. The Hall–Kier alpha value is -1.26. The van der Waals surface area contributed by atoms with Crippen LogP contribution in [0.2, 0.25) is 0 Å². The van der Waals surface area contributed by atoms with Crippen LogP contribution in [0, 0.1) is 0 Å². The molecule has 176 valence electrons. The van der Waals surface area contributed by atoms with E-state index in [2.05, 4.69) is 40.7 Å². The Kier molecular flexibility index (Phi) is 10.6. The SMILES string of the molecule is CN=C(NCc1ccc(OC)cc1OC1CCCC1)NCC1(N(C)C)CCOCC1.I. The smallest absolute Gasteiger partial charge is 0.191 e. The first-order valence-corrected chi connectivity index (χ1v) is 11.1. The number of nitrogens with one attached hydrogen (secondary N) is 2. The zero-order chi connectivity index (χ0) is 21.4. The third-order valence-corrected chi connectivity index (χ3v) is 6.50. The summed E-state index contributed by atoms with van der Waals surface area (Å²) < 4.78 is 17.3. The average molecular weight is 546 g/mol. The van der Waals surface area contributed by atoms with Crippen molar-refractivity contribution in [3.05, 3.63) is 23.8 Å². The van der Waals surface area contributed by atoms with Crippen molar-refractivity contribution in [1.82, 2.24) is 15.5 Å². The predicted octanol–water partition coefficient (Wildman–Crippen LogP) is 3.41. The van der Waals surface area contributed by atoms with Gasteiger partial charge < -0.3 is 29.7 Å². The van der Waals surface area contributed by atoms with Crippen LogP contribution in [-0.4, -0.2) is 70.5 Å². The lowest BCUT2D eigenvalue weighted by molar-refractivity contribution is -0.00501. The fraction of sp³-hybridized carbons (Fsp3) is 0.696. The average Bonchev–Trinajstić information content (AvgIpc) is 3.28. The van der Waals surface area contributed by atoms with E-state index in [0.29, 0.717) is 12.6 Å². The molecule has 1 aliphatic carbocycles. The number of aliphatic imine (C=N–C) groups is 1. The molecule has 2 N–H and O–H groups in total. The van der Waals surface area contributed by atoms with Crippen LogP contribution in [0.3, 0.4) is 0 Å². The minimum atomic E-state index is 0. The quantitative estimate of drug-likeness (QED) is 0.296. The molecule has 0 atom stereocenters. The molecule has 2 fully saturated rings. The van der Waals surface area contributed by atoms with E-state index in [-0.39, 0.29) is 29.5 Å². The Morgan fingerprint density at radius 3 is 2.52 bits per heavy atom. The van der Waals surface area contributed by atoms with Gasteiger partial charge in [-0.1, -0.05) is 0 Å². The lowest BCUT2D eigenvalue weighted by Gasteiger charge is -2.43. The second kappa shape index (κ2) is 12.7. The molecule has 7 nitrogen and oxygen atoms in total. The number of ether oxygens (including phenoxy) is 3. The van der Waals surface area contributed by atoms with E-state index in [9.17, 15) is 0 Å². The summed E-state index contributed by atoms with van der Waals surface area (Å²) in [4.78, 5) is 6.74. The van der Waals surface area contributed by atoms with Gasteiger partial charge in [-0.05, 0) is 64.8 Å². The highest BCUT2D eigenvalue weighted by atomic mass is 127. The minimum Gasteiger partial charge on any atom is -0.497 e. The number of hydrogen-bond acceptors (Lipinski definition) is 5. The zero-order valence-corrected chi connectivity index (χ0v) is 21.7. The van der Waals surface area contributed by atoms with Crippen LogP contribution >= 0.6 is 24.0 Å². The summed E-state index contributed by atoms with van der Waals surface area (Å²) in [5.74, 6) is 2.52. The van der Waals surface area contributed by atoms with Crippen molar-refractivity contribution >= 4 is 29.9 Å². The normalized spacial score (nSPS) is 19.1. The molecule has 0 aromatic heterocycles. The molecule has 1 aromatic rings. The van der Waals surface area contributed by atoms with E-state index in [1.807, 2.05) is 19.2 Å². The molecule has 31 heavy (non-hydrogen) atoms. The van der Waals surface area contributed by atoms with Gasteiger partial charge in [0.1, 0.15) is 11.5 Å². The first-order chi connectivity index (χ1) is 14.6. The molecular weight excluding hydrogens is 507 g/mol. The Morgan fingerprint density at radius 2 is 1.90 bits per heavy atom.